The first-order chi connectivity index (χ1) is 7.36. The van der Waals surface area contributed by atoms with Crippen molar-refractivity contribution in [2.45, 2.75) is 19.0 Å². The molecular formula is C11H13NO3. The van der Waals surface area contributed by atoms with Crippen LogP contribution in [0.5, 0.6) is 11.5 Å². The molecule has 2 heterocycles. The van der Waals surface area contributed by atoms with Crippen molar-refractivity contribution in [1.29, 1.82) is 0 Å². The lowest BCUT2D eigenvalue weighted by atomic mass is 9.95. The van der Waals surface area contributed by atoms with Gasteiger partial charge in [0.25, 0.3) is 0 Å². The second-order valence-corrected chi connectivity index (χ2v) is 3.94. The zero-order chi connectivity index (χ0) is 10.3. The lowest BCUT2D eigenvalue weighted by molar-refractivity contribution is 0.174. The van der Waals surface area contributed by atoms with E-state index in [1.807, 2.05) is 12.1 Å². The van der Waals surface area contributed by atoms with E-state index < -0.39 is 0 Å². The first-order valence-corrected chi connectivity index (χ1v) is 5.12. The summed E-state index contributed by atoms with van der Waals surface area (Å²) in [6.07, 6.45) is 0.850. The third-order valence-corrected chi connectivity index (χ3v) is 2.96. The lowest BCUT2D eigenvalue weighted by Gasteiger charge is -2.24. The molecule has 3 rings (SSSR count). The van der Waals surface area contributed by atoms with Crippen LogP contribution in [0.4, 0.5) is 0 Å². The van der Waals surface area contributed by atoms with Crippen molar-refractivity contribution in [2.75, 3.05) is 13.4 Å². The molecule has 0 amide bonds. The van der Waals surface area contributed by atoms with Crippen molar-refractivity contribution in [3.05, 3.63) is 23.3 Å². The highest BCUT2D eigenvalue weighted by atomic mass is 16.7. The molecule has 0 aliphatic carbocycles. The molecule has 4 heteroatoms. The van der Waals surface area contributed by atoms with Gasteiger partial charge in [-0.2, -0.15) is 0 Å². The summed E-state index contributed by atoms with van der Waals surface area (Å²) >= 11 is 0. The largest absolute Gasteiger partial charge is 0.454 e. The monoisotopic (exact) mass is 207 g/mol. The maximum Gasteiger partial charge on any atom is 0.231 e. The zero-order valence-corrected chi connectivity index (χ0v) is 8.32. The number of rotatable bonds is 1. The summed E-state index contributed by atoms with van der Waals surface area (Å²) < 4.78 is 10.6. The number of aliphatic hydroxyl groups excluding tert-OH is 1. The first kappa shape index (κ1) is 9.00. The van der Waals surface area contributed by atoms with Gasteiger partial charge in [-0.3, -0.25) is 0 Å². The van der Waals surface area contributed by atoms with Gasteiger partial charge in [-0.1, -0.05) is 0 Å². The van der Waals surface area contributed by atoms with E-state index in [9.17, 15) is 0 Å². The highest BCUT2D eigenvalue weighted by molar-refractivity contribution is 5.49. The number of hydrogen-bond acceptors (Lipinski definition) is 4. The van der Waals surface area contributed by atoms with Crippen LogP contribution in [0, 0.1) is 0 Å². The first-order valence-electron chi connectivity index (χ1n) is 5.12. The van der Waals surface area contributed by atoms with E-state index in [-0.39, 0.29) is 12.6 Å². The Kier molecular flexibility index (Phi) is 2.04. The standard InChI is InChI=1S/C11H13NO3/c13-5-9-1-7-2-10-11(15-6-14-10)3-8(7)4-12-9/h2-3,9,12-13H,1,4-6H2/t9-/m1/s1. The number of fused-ring (bicyclic) bond motifs is 2. The van der Waals surface area contributed by atoms with E-state index in [1.54, 1.807) is 0 Å². The Labute approximate surface area is 87.8 Å². The van der Waals surface area contributed by atoms with Crippen molar-refractivity contribution in [3.8, 4) is 11.5 Å². The van der Waals surface area contributed by atoms with Crippen LogP contribution in [0.3, 0.4) is 0 Å². The molecule has 0 bridgehead atoms. The van der Waals surface area contributed by atoms with Crippen molar-refractivity contribution in [3.63, 3.8) is 0 Å². The fraction of sp³-hybridized carbons (Fsp3) is 0.455. The molecule has 1 atom stereocenters. The predicted molar refractivity (Wildman–Crippen MR) is 54.0 cm³/mol. The molecule has 1 aromatic rings. The minimum absolute atomic E-state index is 0.165. The maximum atomic E-state index is 9.09. The van der Waals surface area contributed by atoms with E-state index in [0.29, 0.717) is 6.79 Å². The molecule has 2 N–H and O–H groups in total. The molecule has 0 aromatic heterocycles. The Bertz CT molecular complexity index is 392. The zero-order valence-electron chi connectivity index (χ0n) is 8.32. The normalized spacial score (nSPS) is 22.6. The molecular weight excluding hydrogens is 194 g/mol. The van der Waals surface area contributed by atoms with Gasteiger partial charge in [-0.05, 0) is 29.7 Å². The van der Waals surface area contributed by atoms with Gasteiger partial charge in [0.05, 0.1) is 6.61 Å². The third kappa shape index (κ3) is 1.46. The number of ether oxygens (including phenoxy) is 2. The molecule has 80 valence electrons. The van der Waals surface area contributed by atoms with Crippen LogP contribution in [0.1, 0.15) is 11.1 Å². The Morgan fingerprint density at radius 2 is 2.00 bits per heavy atom. The molecule has 0 fully saturated rings. The van der Waals surface area contributed by atoms with Gasteiger partial charge < -0.3 is 19.9 Å². The van der Waals surface area contributed by atoms with Crippen LogP contribution >= 0.6 is 0 Å². The predicted octanol–water partition coefficient (Wildman–Crippen LogP) is 0.422. The van der Waals surface area contributed by atoms with E-state index in [1.165, 1.54) is 11.1 Å². The van der Waals surface area contributed by atoms with Crippen LogP contribution in [0.15, 0.2) is 12.1 Å². The Morgan fingerprint density at radius 1 is 1.27 bits per heavy atom. The van der Waals surface area contributed by atoms with Gasteiger partial charge in [0.2, 0.25) is 6.79 Å². The van der Waals surface area contributed by atoms with Gasteiger partial charge in [0.1, 0.15) is 0 Å². The average molecular weight is 207 g/mol. The fourth-order valence-electron chi connectivity index (χ4n) is 2.10. The molecule has 0 saturated heterocycles. The van der Waals surface area contributed by atoms with Gasteiger partial charge >= 0.3 is 0 Å². The Balaban J connectivity index is 1.97. The SMILES string of the molecule is OC[C@H]1Cc2cc3c(cc2CN1)OCO3. The number of benzene rings is 1. The molecule has 0 spiro atoms. The molecule has 4 nitrogen and oxygen atoms in total. The van der Waals surface area contributed by atoms with Crippen LogP contribution in [0.25, 0.3) is 0 Å². The Hall–Kier alpha value is -1.26. The number of aliphatic hydroxyl groups is 1. The van der Waals surface area contributed by atoms with Crippen LogP contribution in [-0.4, -0.2) is 24.5 Å². The number of hydrogen-bond donors (Lipinski definition) is 2. The summed E-state index contributed by atoms with van der Waals surface area (Å²) in [6.45, 7) is 1.28. The molecule has 2 aliphatic rings. The van der Waals surface area contributed by atoms with Crippen molar-refractivity contribution in [2.24, 2.45) is 0 Å². The summed E-state index contributed by atoms with van der Waals surface area (Å²) in [4.78, 5) is 0. The highest BCUT2D eigenvalue weighted by Gasteiger charge is 2.22. The van der Waals surface area contributed by atoms with Crippen molar-refractivity contribution >= 4 is 0 Å². The average Bonchev–Trinajstić information content (AvgIpc) is 2.72. The lowest BCUT2D eigenvalue weighted by Crippen LogP contribution is -2.38. The van der Waals surface area contributed by atoms with E-state index in [2.05, 4.69) is 5.32 Å². The fourth-order valence-corrected chi connectivity index (χ4v) is 2.10. The maximum absolute atomic E-state index is 9.09. The summed E-state index contributed by atoms with van der Waals surface area (Å²) in [7, 11) is 0. The topological polar surface area (TPSA) is 50.7 Å². The molecule has 15 heavy (non-hydrogen) atoms. The van der Waals surface area contributed by atoms with Crippen LogP contribution < -0.4 is 14.8 Å². The van der Waals surface area contributed by atoms with Gasteiger partial charge in [0.15, 0.2) is 11.5 Å². The summed E-state index contributed by atoms with van der Waals surface area (Å²) in [5.74, 6) is 1.66. The summed E-state index contributed by atoms with van der Waals surface area (Å²) in [5.41, 5.74) is 2.49. The smallest absolute Gasteiger partial charge is 0.231 e. The van der Waals surface area contributed by atoms with Gasteiger partial charge in [-0.25, -0.2) is 0 Å². The van der Waals surface area contributed by atoms with Gasteiger partial charge in [0, 0.05) is 12.6 Å². The quantitative estimate of drug-likeness (QED) is 0.701. The molecule has 1 aromatic carbocycles. The molecule has 0 saturated carbocycles. The molecule has 0 unspecified atom stereocenters. The van der Waals surface area contributed by atoms with Crippen LogP contribution in [-0.2, 0) is 13.0 Å². The van der Waals surface area contributed by atoms with Crippen molar-refractivity contribution < 1.29 is 14.6 Å². The minimum atomic E-state index is 0.165. The van der Waals surface area contributed by atoms with E-state index in [4.69, 9.17) is 14.6 Å². The molecule has 0 radical (unpaired) electrons. The van der Waals surface area contributed by atoms with Crippen LogP contribution in [0.2, 0.25) is 0 Å². The van der Waals surface area contributed by atoms with Crippen molar-refractivity contribution in [1.82, 2.24) is 5.32 Å². The Morgan fingerprint density at radius 3 is 2.73 bits per heavy atom. The third-order valence-electron chi connectivity index (χ3n) is 2.96. The summed E-state index contributed by atoms with van der Waals surface area (Å²) in [5, 5.41) is 12.4. The van der Waals surface area contributed by atoms with E-state index >= 15 is 0 Å². The number of nitrogens with one attached hydrogen (secondary N) is 1. The highest BCUT2D eigenvalue weighted by Crippen LogP contribution is 2.36. The second-order valence-electron chi connectivity index (χ2n) is 3.94. The summed E-state index contributed by atoms with van der Waals surface area (Å²) in [6, 6.07) is 4.22. The van der Waals surface area contributed by atoms with Gasteiger partial charge in [-0.15, -0.1) is 0 Å². The molecule has 2 aliphatic heterocycles. The second kappa shape index (κ2) is 3.40. The minimum Gasteiger partial charge on any atom is -0.454 e. The van der Waals surface area contributed by atoms with E-state index in [0.717, 1.165) is 24.5 Å².